The van der Waals surface area contributed by atoms with Gasteiger partial charge in [0.25, 0.3) is 0 Å². The first kappa shape index (κ1) is 17.7. The summed E-state index contributed by atoms with van der Waals surface area (Å²) >= 11 is 0. The average Bonchev–Trinajstić information content (AvgIpc) is 2.60. The Morgan fingerprint density at radius 3 is 2.67 bits per heavy atom. The molecule has 3 nitrogen and oxygen atoms in total. The van der Waals surface area contributed by atoms with Gasteiger partial charge in [0.2, 0.25) is 5.91 Å². The number of nitrogens with one attached hydrogen (secondary N) is 2. The molecule has 2 unspecified atom stereocenters. The molecule has 5 aliphatic rings. The molecule has 0 spiro atoms. The molecule has 3 heteroatoms. The summed E-state index contributed by atoms with van der Waals surface area (Å²) in [6.45, 7) is 5.71. The van der Waals surface area contributed by atoms with E-state index in [1.54, 1.807) is 0 Å². The Morgan fingerprint density at radius 2 is 1.93 bits per heavy atom. The summed E-state index contributed by atoms with van der Waals surface area (Å²) in [6, 6.07) is 12.0. The van der Waals surface area contributed by atoms with E-state index in [-0.39, 0.29) is 10.8 Å². The highest BCUT2D eigenvalue weighted by molar-refractivity contribution is 5.84. The topological polar surface area (TPSA) is 41.1 Å². The van der Waals surface area contributed by atoms with Gasteiger partial charge in [-0.3, -0.25) is 4.79 Å². The summed E-state index contributed by atoms with van der Waals surface area (Å²) in [4.78, 5) is 13.7. The second kappa shape index (κ2) is 6.07. The monoisotopic (exact) mass is 366 g/mol. The summed E-state index contributed by atoms with van der Waals surface area (Å²) < 4.78 is 0. The lowest BCUT2D eigenvalue weighted by Gasteiger charge is -2.65. The van der Waals surface area contributed by atoms with Gasteiger partial charge in [-0.25, -0.2) is 0 Å². The summed E-state index contributed by atoms with van der Waals surface area (Å²) in [5.41, 5.74) is 1.88. The third-order valence-corrected chi connectivity index (χ3v) is 8.17. The largest absolute Gasteiger partial charge is 0.353 e. The highest BCUT2D eigenvalue weighted by Crippen LogP contribution is 2.70. The summed E-state index contributed by atoms with van der Waals surface area (Å²) in [5.74, 6) is 1.08. The Bertz CT molecular complexity index is 733. The lowest BCUT2D eigenvalue weighted by molar-refractivity contribution is -0.161. The summed E-state index contributed by atoms with van der Waals surface area (Å²) in [7, 11) is 0. The number of carbonyl (C=O) groups is 1. The van der Waals surface area contributed by atoms with Crippen molar-refractivity contribution in [3.63, 3.8) is 0 Å². The molecule has 4 bridgehead atoms. The normalized spacial score (nSPS) is 45.6. The van der Waals surface area contributed by atoms with Crippen LogP contribution in [0, 0.1) is 16.7 Å². The van der Waals surface area contributed by atoms with E-state index in [9.17, 15) is 4.79 Å². The van der Waals surface area contributed by atoms with Crippen LogP contribution in [0.15, 0.2) is 30.3 Å². The maximum Gasteiger partial charge on any atom is 0.226 e. The third kappa shape index (κ3) is 2.93. The minimum atomic E-state index is -0.141. The molecule has 4 aliphatic carbocycles. The van der Waals surface area contributed by atoms with Crippen LogP contribution >= 0.6 is 0 Å². The molecule has 0 aromatic heterocycles. The van der Waals surface area contributed by atoms with Gasteiger partial charge in [-0.1, -0.05) is 37.3 Å². The second-order valence-electron chi connectivity index (χ2n) is 10.8. The van der Waals surface area contributed by atoms with Gasteiger partial charge in [-0.2, -0.15) is 0 Å². The summed E-state index contributed by atoms with van der Waals surface area (Å²) in [6.07, 6.45) is 9.26. The van der Waals surface area contributed by atoms with Crippen LogP contribution < -0.4 is 10.6 Å². The number of hydrogen-bond donors (Lipinski definition) is 2. The minimum absolute atomic E-state index is 0.141. The molecular weight excluding hydrogens is 332 g/mol. The Morgan fingerprint density at radius 1 is 1.11 bits per heavy atom. The molecule has 146 valence electrons. The van der Waals surface area contributed by atoms with Crippen molar-refractivity contribution in [3.05, 3.63) is 35.9 Å². The molecule has 1 aliphatic heterocycles. The summed E-state index contributed by atoms with van der Waals surface area (Å²) in [5, 5.41) is 7.02. The molecule has 1 aromatic carbocycles. The molecule has 2 N–H and O–H groups in total. The molecule has 4 saturated carbocycles. The molecule has 1 saturated heterocycles. The lowest BCUT2D eigenvalue weighted by atomic mass is 9.38. The van der Waals surface area contributed by atoms with Crippen LogP contribution in [0.1, 0.15) is 70.8 Å². The van der Waals surface area contributed by atoms with E-state index in [2.05, 4.69) is 54.8 Å². The first-order valence-electron chi connectivity index (χ1n) is 11.0. The van der Waals surface area contributed by atoms with Gasteiger partial charge in [0.15, 0.2) is 0 Å². The molecule has 0 radical (unpaired) electrons. The predicted molar refractivity (Wildman–Crippen MR) is 108 cm³/mol. The zero-order valence-electron chi connectivity index (χ0n) is 16.9. The smallest absolute Gasteiger partial charge is 0.226 e. The van der Waals surface area contributed by atoms with E-state index in [1.807, 2.05) is 0 Å². The minimum Gasteiger partial charge on any atom is -0.353 e. The van der Waals surface area contributed by atoms with E-state index in [0.29, 0.717) is 29.3 Å². The van der Waals surface area contributed by atoms with Crippen molar-refractivity contribution in [3.8, 4) is 0 Å². The molecule has 6 atom stereocenters. The van der Waals surface area contributed by atoms with Crippen molar-refractivity contribution in [1.82, 2.24) is 10.6 Å². The van der Waals surface area contributed by atoms with Crippen molar-refractivity contribution in [1.29, 1.82) is 0 Å². The van der Waals surface area contributed by atoms with E-state index in [0.717, 1.165) is 38.6 Å². The third-order valence-electron chi connectivity index (χ3n) is 8.17. The Labute approximate surface area is 163 Å². The van der Waals surface area contributed by atoms with Gasteiger partial charge in [-0.15, -0.1) is 0 Å². The van der Waals surface area contributed by atoms with E-state index >= 15 is 0 Å². The van der Waals surface area contributed by atoms with Crippen LogP contribution in [-0.2, 0) is 10.2 Å². The lowest BCUT2D eigenvalue weighted by Crippen LogP contribution is -2.63. The van der Waals surface area contributed by atoms with E-state index in [4.69, 9.17) is 0 Å². The number of amides is 1. The van der Waals surface area contributed by atoms with Crippen molar-refractivity contribution >= 4 is 5.91 Å². The fraction of sp³-hybridized carbons (Fsp3) is 0.708. The quantitative estimate of drug-likeness (QED) is 0.843. The van der Waals surface area contributed by atoms with Crippen LogP contribution in [0.25, 0.3) is 0 Å². The van der Waals surface area contributed by atoms with Gasteiger partial charge in [0.1, 0.15) is 0 Å². The highest BCUT2D eigenvalue weighted by atomic mass is 16.2. The molecule has 1 heterocycles. The van der Waals surface area contributed by atoms with Crippen LogP contribution in [0.5, 0.6) is 0 Å². The number of rotatable bonds is 3. The van der Waals surface area contributed by atoms with Gasteiger partial charge in [0, 0.05) is 12.1 Å². The fourth-order valence-electron chi connectivity index (χ4n) is 7.89. The van der Waals surface area contributed by atoms with Crippen molar-refractivity contribution in [2.75, 3.05) is 6.54 Å². The fourth-order valence-corrected chi connectivity index (χ4v) is 7.89. The first-order valence-corrected chi connectivity index (χ1v) is 11.0. The molecule has 5 fully saturated rings. The Kier molecular flexibility index (Phi) is 3.99. The Hall–Kier alpha value is -1.35. The standard InChI is InChI=1S/C24H34N2O/c1-17-10-20(8-9-25-17)26-21(27)24-13-18-11-22(2,15-24)14-23(12-18,16-24)19-6-4-3-5-7-19/h3-7,17-18,20,25H,8-16H2,1-2H3,(H,26,27)/t17-,18?,20-,22-,23-,24?/m0/s1. The first-order chi connectivity index (χ1) is 12.9. The van der Waals surface area contributed by atoms with Crippen LogP contribution in [0.3, 0.4) is 0 Å². The zero-order chi connectivity index (χ0) is 18.7. The number of benzene rings is 1. The van der Waals surface area contributed by atoms with Crippen molar-refractivity contribution in [2.24, 2.45) is 16.7 Å². The average molecular weight is 367 g/mol. The van der Waals surface area contributed by atoms with Gasteiger partial charge >= 0.3 is 0 Å². The Balaban J connectivity index is 1.45. The van der Waals surface area contributed by atoms with Crippen LogP contribution in [-0.4, -0.2) is 24.5 Å². The number of piperidine rings is 1. The van der Waals surface area contributed by atoms with Crippen LogP contribution in [0.2, 0.25) is 0 Å². The van der Waals surface area contributed by atoms with Gasteiger partial charge < -0.3 is 10.6 Å². The molecule has 1 aromatic rings. The van der Waals surface area contributed by atoms with Gasteiger partial charge in [0.05, 0.1) is 5.41 Å². The SMILES string of the molecule is C[C@H]1C[C@@H](NC(=O)C23CC4C[C@](C)(C2)C[C@@](c2ccccc2)(C4)C3)CCN1. The maximum atomic E-state index is 13.7. The van der Waals surface area contributed by atoms with Crippen LogP contribution in [0.4, 0.5) is 0 Å². The second-order valence-corrected chi connectivity index (χ2v) is 10.8. The van der Waals surface area contributed by atoms with Gasteiger partial charge in [-0.05, 0) is 87.1 Å². The molecule has 27 heavy (non-hydrogen) atoms. The zero-order valence-corrected chi connectivity index (χ0v) is 16.9. The highest BCUT2D eigenvalue weighted by Gasteiger charge is 2.64. The predicted octanol–water partition coefficient (Wildman–Crippen LogP) is 4.17. The molecule has 6 rings (SSSR count). The van der Waals surface area contributed by atoms with E-state index in [1.165, 1.54) is 24.8 Å². The molecular formula is C24H34N2O. The maximum absolute atomic E-state index is 13.7. The van der Waals surface area contributed by atoms with Crippen molar-refractivity contribution in [2.45, 2.75) is 82.7 Å². The molecule has 1 amide bonds. The number of carbonyl (C=O) groups excluding carboxylic acids is 1. The van der Waals surface area contributed by atoms with Crippen molar-refractivity contribution < 1.29 is 4.79 Å². The number of hydrogen-bond acceptors (Lipinski definition) is 2. The van der Waals surface area contributed by atoms with E-state index < -0.39 is 0 Å².